The van der Waals surface area contributed by atoms with Crippen molar-refractivity contribution >= 4 is 17.0 Å². The van der Waals surface area contributed by atoms with Gasteiger partial charge >= 0.3 is 11.8 Å². The molecule has 188 valence electrons. The van der Waals surface area contributed by atoms with Gasteiger partial charge in [-0.15, -0.1) is 26.8 Å². The van der Waals surface area contributed by atoms with Crippen LogP contribution < -0.4 is 4.90 Å². The smallest absolute Gasteiger partial charge is 0.348 e. The van der Waals surface area contributed by atoms with Crippen LogP contribution in [0.15, 0.2) is 28.4 Å². The average molecular weight is 504 g/mol. The number of nitrogens with zero attached hydrogens (tertiary/aromatic N) is 8. The van der Waals surface area contributed by atoms with Gasteiger partial charge in [-0.25, -0.2) is 18.7 Å². The molecular weight excluding hydrogens is 483 g/mol. The zero-order chi connectivity index (χ0) is 26.1. The molecule has 2 aliphatic rings. The number of aromatic nitrogens is 5. The maximum atomic E-state index is 14.0. The molecule has 3 aromatic rings. The molecule has 0 amide bonds. The Bertz CT molecular complexity index is 1420. The third-order valence-electron chi connectivity index (χ3n) is 6.11. The SMILES string of the molecule is C#Cc1cccc(C2(C(F)(F)F)N=N2)c1Cn1nc2nc(C(C)(C)C)nc(N3CCC(F)(F)C3)c2n1. The fourth-order valence-electron chi connectivity index (χ4n) is 4.17. The van der Waals surface area contributed by atoms with E-state index in [0.29, 0.717) is 5.82 Å². The Kier molecular flexibility index (Phi) is 5.11. The zero-order valence-electron chi connectivity index (χ0n) is 19.6. The molecule has 0 unspecified atom stereocenters. The third-order valence-corrected chi connectivity index (χ3v) is 6.11. The summed E-state index contributed by atoms with van der Waals surface area (Å²) in [5, 5.41) is 15.3. The highest BCUT2D eigenvalue weighted by atomic mass is 19.4. The molecule has 0 N–H and O–H groups in total. The minimum absolute atomic E-state index is 0.0662. The number of benzene rings is 1. The lowest BCUT2D eigenvalue weighted by molar-refractivity contribution is -0.166. The van der Waals surface area contributed by atoms with Crippen molar-refractivity contribution in [2.75, 3.05) is 18.0 Å². The quantitative estimate of drug-likeness (QED) is 0.384. The van der Waals surface area contributed by atoms with E-state index in [-0.39, 0.29) is 53.2 Å². The van der Waals surface area contributed by atoms with E-state index in [1.165, 1.54) is 23.1 Å². The fourth-order valence-corrected chi connectivity index (χ4v) is 4.17. The van der Waals surface area contributed by atoms with Gasteiger partial charge in [0.25, 0.3) is 5.92 Å². The van der Waals surface area contributed by atoms with Crippen LogP contribution in [0.4, 0.5) is 27.8 Å². The number of terminal acetylenes is 1. The van der Waals surface area contributed by atoms with Gasteiger partial charge in [0.15, 0.2) is 11.3 Å². The van der Waals surface area contributed by atoms with Gasteiger partial charge in [0.05, 0.1) is 13.1 Å². The maximum absolute atomic E-state index is 14.0. The number of rotatable bonds is 4. The van der Waals surface area contributed by atoms with Crippen LogP contribution in [0.2, 0.25) is 0 Å². The first-order valence-electron chi connectivity index (χ1n) is 11.1. The van der Waals surface area contributed by atoms with E-state index >= 15 is 0 Å². The Labute approximate surface area is 202 Å². The summed E-state index contributed by atoms with van der Waals surface area (Å²) in [6, 6.07) is 4.18. The molecular formula is C23H21F5N8. The van der Waals surface area contributed by atoms with Gasteiger partial charge in [0.1, 0.15) is 5.82 Å². The van der Waals surface area contributed by atoms with Gasteiger partial charge in [-0.1, -0.05) is 38.8 Å². The lowest BCUT2D eigenvalue weighted by Gasteiger charge is -2.21. The van der Waals surface area contributed by atoms with Crippen LogP contribution in [0.25, 0.3) is 11.2 Å². The fraction of sp³-hybridized carbons (Fsp3) is 0.478. The molecule has 1 fully saturated rings. The predicted octanol–water partition coefficient (Wildman–Crippen LogP) is 4.57. The Morgan fingerprint density at radius 3 is 2.36 bits per heavy atom. The average Bonchev–Trinajstić information content (AvgIpc) is 3.38. The molecule has 1 saturated heterocycles. The highest BCUT2D eigenvalue weighted by Crippen LogP contribution is 2.53. The van der Waals surface area contributed by atoms with E-state index in [1.54, 1.807) is 0 Å². The summed E-state index contributed by atoms with van der Waals surface area (Å²) in [7, 11) is 0. The second kappa shape index (κ2) is 7.65. The molecule has 8 nitrogen and oxygen atoms in total. The van der Waals surface area contributed by atoms with Crippen molar-refractivity contribution in [3.63, 3.8) is 0 Å². The van der Waals surface area contributed by atoms with Crippen molar-refractivity contribution < 1.29 is 22.0 Å². The molecule has 4 heterocycles. The molecule has 2 aromatic heterocycles. The van der Waals surface area contributed by atoms with Gasteiger partial charge in [0, 0.05) is 29.5 Å². The molecule has 0 spiro atoms. The summed E-state index contributed by atoms with van der Waals surface area (Å²) in [5.41, 5.74) is -2.78. The van der Waals surface area contributed by atoms with Crippen LogP contribution in [-0.2, 0) is 17.6 Å². The summed E-state index contributed by atoms with van der Waals surface area (Å²) >= 11 is 0. The van der Waals surface area contributed by atoms with Crippen LogP contribution in [0.5, 0.6) is 0 Å². The molecule has 0 aliphatic carbocycles. The van der Waals surface area contributed by atoms with E-state index < -0.39 is 29.7 Å². The summed E-state index contributed by atoms with van der Waals surface area (Å²) < 4.78 is 69.3. The highest BCUT2D eigenvalue weighted by molar-refractivity contribution is 5.83. The minimum Gasteiger partial charge on any atom is -0.348 e. The zero-order valence-corrected chi connectivity index (χ0v) is 19.6. The van der Waals surface area contributed by atoms with Crippen LogP contribution in [-0.4, -0.2) is 50.2 Å². The second-order valence-corrected chi connectivity index (χ2v) is 9.90. The largest absolute Gasteiger partial charge is 0.442 e. The molecule has 1 aromatic carbocycles. The van der Waals surface area contributed by atoms with Crippen LogP contribution in [0.3, 0.4) is 0 Å². The van der Waals surface area contributed by atoms with Gasteiger partial charge in [-0.05, 0) is 11.6 Å². The highest BCUT2D eigenvalue weighted by Gasteiger charge is 2.66. The van der Waals surface area contributed by atoms with Gasteiger partial charge in [0.2, 0.25) is 5.65 Å². The third kappa shape index (κ3) is 3.94. The van der Waals surface area contributed by atoms with Crippen molar-refractivity contribution in [2.24, 2.45) is 10.2 Å². The van der Waals surface area contributed by atoms with E-state index in [9.17, 15) is 22.0 Å². The summed E-state index contributed by atoms with van der Waals surface area (Å²) in [4.78, 5) is 11.6. The molecule has 0 saturated carbocycles. The topological polar surface area (TPSA) is 84.4 Å². The molecule has 0 atom stereocenters. The Balaban J connectivity index is 1.62. The summed E-state index contributed by atoms with van der Waals surface area (Å²) in [5.74, 6) is 0.105. The van der Waals surface area contributed by atoms with Gasteiger partial charge in [-0.3, -0.25) is 0 Å². The first kappa shape index (κ1) is 24.0. The van der Waals surface area contributed by atoms with E-state index in [0.717, 1.165) is 4.80 Å². The minimum atomic E-state index is -4.75. The van der Waals surface area contributed by atoms with Crippen molar-refractivity contribution in [3.05, 3.63) is 40.7 Å². The number of hydrogen-bond donors (Lipinski definition) is 0. The van der Waals surface area contributed by atoms with Crippen LogP contribution >= 0.6 is 0 Å². The first-order valence-corrected chi connectivity index (χ1v) is 11.1. The Morgan fingerprint density at radius 1 is 1.08 bits per heavy atom. The van der Waals surface area contributed by atoms with Crippen LogP contribution in [0.1, 0.15) is 49.7 Å². The Morgan fingerprint density at radius 2 is 1.81 bits per heavy atom. The number of hydrogen-bond acceptors (Lipinski definition) is 7. The van der Waals surface area contributed by atoms with Crippen molar-refractivity contribution in [1.82, 2.24) is 25.0 Å². The second-order valence-electron chi connectivity index (χ2n) is 9.90. The molecule has 0 bridgehead atoms. The van der Waals surface area contributed by atoms with Crippen molar-refractivity contribution in [3.8, 4) is 12.3 Å². The monoisotopic (exact) mass is 504 g/mol. The lowest BCUT2D eigenvalue weighted by atomic mass is 9.93. The van der Waals surface area contributed by atoms with Crippen LogP contribution in [0, 0.1) is 12.3 Å². The molecule has 2 aliphatic heterocycles. The Hall–Kier alpha value is -3.69. The van der Waals surface area contributed by atoms with E-state index in [1.807, 2.05) is 20.8 Å². The molecule has 5 rings (SSSR count). The normalized spacial score (nSPS) is 18.6. The number of fused-ring (bicyclic) bond motifs is 1. The van der Waals surface area contributed by atoms with Crippen molar-refractivity contribution in [2.45, 2.75) is 56.9 Å². The number of anilines is 1. The number of halogens is 5. The first-order chi connectivity index (χ1) is 16.7. The maximum Gasteiger partial charge on any atom is 0.442 e. The molecule has 36 heavy (non-hydrogen) atoms. The number of alkyl halides is 5. The summed E-state index contributed by atoms with van der Waals surface area (Å²) in [6.07, 6.45) is 0.496. The van der Waals surface area contributed by atoms with E-state index in [2.05, 4.69) is 36.3 Å². The van der Waals surface area contributed by atoms with Crippen molar-refractivity contribution in [1.29, 1.82) is 0 Å². The van der Waals surface area contributed by atoms with Gasteiger partial charge in [-0.2, -0.15) is 18.0 Å². The molecule has 13 heteroatoms. The lowest BCUT2D eigenvalue weighted by Crippen LogP contribution is -2.32. The summed E-state index contributed by atoms with van der Waals surface area (Å²) in [6.45, 7) is 4.91. The van der Waals surface area contributed by atoms with Gasteiger partial charge < -0.3 is 4.90 Å². The molecule has 0 radical (unpaired) electrons. The standard InChI is InChI=1S/C23H21F5N8/c1-5-13-7-6-8-15(22(33-34-22)23(26,27)28)14(13)11-36-31-16-17(32-36)29-19(20(2,3)4)30-18(16)35-10-9-21(24,25)12-35/h1,6-8H,9-12H2,2-4H3. The van der Waals surface area contributed by atoms with E-state index in [4.69, 9.17) is 6.42 Å². The predicted molar refractivity (Wildman–Crippen MR) is 120 cm³/mol.